The zero-order chi connectivity index (χ0) is 53.0. The molecule has 5 nitrogen and oxygen atoms in total. The van der Waals surface area contributed by atoms with Gasteiger partial charge in [-0.25, -0.2) is 0 Å². The van der Waals surface area contributed by atoms with Crippen LogP contribution in [0.1, 0.15) is 92.9 Å². The molecule has 2 N–H and O–H groups in total. The van der Waals surface area contributed by atoms with Crippen molar-refractivity contribution < 1.29 is 0 Å². The molecule has 0 fully saturated rings. The zero-order valence-corrected chi connectivity index (χ0v) is 46.1. The third kappa shape index (κ3) is 8.79. The highest BCUT2D eigenvalue weighted by Crippen LogP contribution is 2.56. The van der Waals surface area contributed by atoms with E-state index in [0.717, 1.165) is 68.2 Å². The van der Waals surface area contributed by atoms with Gasteiger partial charge in [0.15, 0.2) is 0 Å². The summed E-state index contributed by atoms with van der Waals surface area (Å²) in [4.78, 5) is 9.77. The molecule has 0 saturated carbocycles. The third-order valence-corrected chi connectivity index (χ3v) is 14.9. The molecular formula is C69H72BN5. The van der Waals surface area contributed by atoms with Gasteiger partial charge in [0, 0.05) is 22.7 Å². The van der Waals surface area contributed by atoms with E-state index in [4.69, 9.17) is 0 Å². The molecule has 3 heterocycles. The van der Waals surface area contributed by atoms with Gasteiger partial charge in [-0.2, -0.15) is 0 Å². The Morgan fingerprint density at radius 1 is 0.307 bits per heavy atom. The summed E-state index contributed by atoms with van der Waals surface area (Å²) < 4.78 is 0. The number of rotatable bonds is 5. The minimum absolute atomic E-state index is 0.0118. The number of nitrogens with two attached hydrogens (primary N) is 1. The Labute approximate surface area is 448 Å². The molecule has 75 heavy (non-hydrogen) atoms. The fourth-order valence-corrected chi connectivity index (χ4v) is 11.6. The highest BCUT2D eigenvalue weighted by Gasteiger charge is 2.42. The van der Waals surface area contributed by atoms with Crippen LogP contribution in [0, 0.1) is 0 Å². The average Bonchev–Trinajstić information content (AvgIpc) is 3.77. The van der Waals surface area contributed by atoms with Gasteiger partial charge in [-0.15, -0.1) is 0 Å². The first kappa shape index (κ1) is 50.7. The molecule has 0 saturated heterocycles. The monoisotopic (exact) mass is 982 g/mol. The molecule has 0 spiro atoms. The third-order valence-electron chi connectivity index (χ3n) is 14.9. The van der Waals surface area contributed by atoms with E-state index in [2.05, 4.69) is 294 Å². The first-order valence-electron chi connectivity index (χ1n) is 26.9. The summed E-state index contributed by atoms with van der Waals surface area (Å²) in [6.07, 6.45) is 0. The molecule has 0 atom stereocenters. The van der Waals surface area contributed by atoms with E-state index in [0.29, 0.717) is 0 Å². The van der Waals surface area contributed by atoms with Crippen LogP contribution in [0.3, 0.4) is 0 Å². The van der Waals surface area contributed by atoms with Crippen molar-refractivity contribution in [2.75, 3.05) is 26.6 Å². The molecule has 0 aromatic heterocycles. The van der Waals surface area contributed by atoms with Crippen molar-refractivity contribution in [2.24, 2.45) is 5.73 Å². The summed E-state index contributed by atoms with van der Waals surface area (Å²) >= 11 is 0. The normalized spacial score (nSPS) is 13.3. The van der Waals surface area contributed by atoms with Gasteiger partial charge in [0.05, 0.1) is 45.5 Å². The lowest BCUT2D eigenvalue weighted by atomic mass is 9.35. The predicted molar refractivity (Wildman–Crippen MR) is 326 cm³/mol. The van der Waals surface area contributed by atoms with Crippen LogP contribution in [0.5, 0.6) is 0 Å². The van der Waals surface area contributed by atoms with Crippen molar-refractivity contribution in [3.63, 3.8) is 0 Å². The summed E-state index contributed by atoms with van der Waals surface area (Å²) in [5.41, 5.74) is 28.9. The lowest BCUT2D eigenvalue weighted by Crippen LogP contribution is -2.54. The number of hydrogen-bond donors (Lipinski definition) is 1. The van der Waals surface area contributed by atoms with Gasteiger partial charge >= 0.3 is 0 Å². The fourth-order valence-electron chi connectivity index (χ4n) is 11.6. The van der Waals surface area contributed by atoms with Crippen molar-refractivity contribution in [1.82, 2.24) is 0 Å². The Hall–Kier alpha value is -7.80. The summed E-state index contributed by atoms with van der Waals surface area (Å²) in [7, 11) is 1.50. The van der Waals surface area contributed by atoms with E-state index >= 15 is 0 Å². The molecule has 0 radical (unpaired) electrons. The van der Waals surface area contributed by atoms with E-state index in [9.17, 15) is 0 Å². The van der Waals surface area contributed by atoms with Crippen molar-refractivity contribution in [3.8, 4) is 11.1 Å². The Morgan fingerprint density at radius 2 is 0.573 bits per heavy atom. The standard InChI is InChI=1S/C66H61BN4.C2H6.CH5N/c1-64(2,3)44-40-51(65(4,5)6)63(52(41-44)66(7,8)9)67-53-38-36-47(70-59-32-20-16-28-55(59)68(45-24-12-10-13-25-45)56-29-17-21-33-60(56)70)42-49(53)50-43-48(37-39-54(50)67)71-61-34-22-18-30-57(61)69(46-26-14-11-15-27-46)58-31-19-23-35-62(58)71;2*1-2/h10-43H,1-9H3;1-2H3;2H2,1H3. The smallest absolute Gasteiger partial charge is 0.243 e. The Bertz CT molecular complexity index is 3210. The van der Waals surface area contributed by atoms with Crippen LogP contribution in [-0.2, 0) is 16.2 Å². The zero-order valence-electron chi connectivity index (χ0n) is 46.1. The van der Waals surface area contributed by atoms with Gasteiger partial charge in [-0.1, -0.05) is 202 Å². The predicted octanol–water partition coefficient (Wildman–Crippen LogP) is 17.2. The second-order valence-corrected chi connectivity index (χ2v) is 22.7. The van der Waals surface area contributed by atoms with Crippen LogP contribution >= 0.6 is 0 Å². The summed E-state index contributed by atoms with van der Waals surface area (Å²) in [6.45, 7) is 25.5. The van der Waals surface area contributed by atoms with Gasteiger partial charge in [0.2, 0.25) is 6.71 Å². The maximum Gasteiger partial charge on any atom is 0.243 e. The van der Waals surface area contributed by atoms with Crippen molar-refractivity contribution >= 4 is 91.3 Å². The molecule has 6 heteroatoms. The van der Waals surface area contributed by atoms with E-state index in [1.165, 1.54) is 51.3 Å². The minimum atomic E-state index is -0.114. The Morgan fingerprint density at radius 3 is 0.840 bits per heavy atom. The van der Waals surface area contributed by atoms with Crippen molar-refractivity contribution in [1.29, 1.82) is 0 Å². The summed E-state index contributed by atoms with van der Waals surface area (Å²) in [5.74, 6) is 0. The molecule has 0 amide bonds. The molecule has 9 aromatic rings. The largest absolute Gasteiger partial charge is 0.333 e. The van der Waals surface area contributed by atoms with Crippen LogP contribution in [0.25, 0.3) is 11.1 Å². The molecular weight excluding hydrogens is 910 g/mol. The molecule has 3 aliphatic heterocycles. The SMILES string of the molecule is CC.CC(C)(C)c1cc(C(C)(C)C)c(B2c3ccc(N4c5ccccc5N(c5ccccc5)c5ccccc54)cc3-c3cc(N4c5ccccc5N(c5ccccc5)c5ccccc54)ccc32)c(C(C)(C)C)c1.CN. The Kier molecular flexibility index (Phi) is 13.4. The van der Waals surface area contributed by atoms with Crippen molar-refractivity contribution in [2.45, 2.75) is 92.4 Å². The van der Waals surface area contributed by atoms with Crippen LogP contribution in [0.4, 0.5) is 68.2 Å². The molecule has 0 bridgehead atoms. The maximum absolute atomic E-state index is 4.50. The number of para-hydroxylation sites is 10. The number of nitrogens with zero attached hydrogens (tertiary/aromatic N) is 4. The lowest BCUT2D eigenvalue weighted by Gasteiger charge is -2.40. The van der Waals surface area contributed by atoms with Crippen LogP contribution in [0.2, 0.25) is 0 Å². The topological polar surface area (TPSA) is 39.0 Å². The highest BCUT2D eigenvalue weighted by atomic mass is 15.3. The number of fused-ring (bicyclic) bond motifs is 7. The van der Waals surface area contributed by atoms with Gasteiger partial charge in [-0.3, -0.25) is 0 Å². The van der Waals surface area contributed by atoms with E-state index in [1.807, 2.05) is 13.8 Å². The van der Waals surface area contributed by atoms with Gasteiger partial charge < -0.3 is 25.3 Å². The molecule has 3 aliphatic rings. The molecule has 0 unspecified atom stereocenters. The average molecular weight is 982 g/mol. The maximum atomic E-state index is 4.50. The molecule has 376 valence electrons. The summed E-state index contributed by atoms with van der Waals surface area (Å²) in [6, 6.07) is 76.7. The fraction of sp³-hybridized carbons (Fsp3) is 0.217. The number of benzene rings is 9. The van der Waals surface area contributed by atoms with E-state index in [1.54, 1.807) is 0 Å². The van der Waals surface area contributed by atoms with Crippen molar-refractivity contribution in [3.05, 3.63) is 223 Å². The Balaban J connectivity index is 0.00000157. The van der Waals surface area contributed by atoms with Gasteiger partial charge in [-0.05, 0) is 148 Å². The first-order valence-corrected chi connectivity index (χ1v) is 26.9. The molecule has 12 rings (SSSR count). The lowest BCUT2D eigenvalue weighted by molar-refractivity contribution is 0.553. The van der Waals surface area contributed by atoms with Crippen LogP contribution in [0.15, 0.2) is 206 Å². The molecule has 9 aromatic carbocycles. The van der Waals surface area contributed by atoms with Crippen LogP contribution < -0.4 is 41.7 Å². The minimum Gasteiger partial charge on any atom is -0.333 e. The van der Waals surface area contributed by atoms with Crippen LogP contribution in [-0.4, -0.2) is 13.8 Å². The second kappa shape index (κ2) is 19.8. The summed E-state index contributed by atoms with van der Waals surface area (Å²) in [5, 5.41) is 0. The second-order valence-electron chi connectivity index (χ2n) is 22.7. The van der Waals surface area contributed by atoms with E-state index < -0.39 is 0 Å². The highest BCUT2D eigenvalue weighted by molar-refractivity contribution is 6.99. The van der Waals surface area contributed by atoms with Gasteiger partial charge in [0.25, 0.3) is 0 Å². The quantitative estimate of drug-likeness (QED) is 0.174. The van der Waals surface area contributed by atoms with Gasteiger partial charge in [0.1, 0.15) is 0 Å². The number of anilines is 12. The molecule has 0 aliphatic carbocycles. The van der Waals surface area contributed by atoms with E-state index in [-0.39, 0.29) is 23.0 Å². The first-order chi connectivity index (χ1) is 36.2. The number of hydrogen-bond acceptors (Lipinski definition) is 5.